The van der Waals surface area contributed by atoms with Crippen molar-refractivity contribution in [1.29, 1.82) is 0 Å². The third kappa shape index (κ3) is 3.95. The highest BCUT2D eigenvalue weighted by atomic mass is 35.5. The second kappa shape index (κ2) is 6.72. The molecule has 1 fully saturated rings. The molecular formula is C14H18ClN3O2. The quantitative estimate of drug-likeness (QED) is 0.776. The molecule has 0 aromatic heterocycles. The van der Waals surface area contributed by atoms with Gasteiger partial charge in [-0.25, -0.2) is 0 Å². The Bertz CT molecular complexity index is 513. The number of carbonyl (C=O) groups excluding carboxylic acids is 2. The van der Waals surface area contributed by atoms with Crippen LogP contribution in [0.5, 0.6) is 0 Å². The van der Waals surface area contributed by atoms with E-state index in [9.17, 15) is 9.59 Å². The number of nitrogens with two attached hydrogens (primary N) is 1. The second-order valence-electron chi connectivity index (χ2n) is 4.94. The van der Waals surface area contributed by atoms with Gasteiger partial charge in [0.15, 0.2) is 0 Å². The van der Waals surface area contributed by atoms with Crippen LogP contribution in [0.4, 0.5) is 5.69 Å². The first-order valence-corrected chi connectivity index (χ1v) is 7.06. The highest BCUT2D eigenvalue weighted by Crippen LogP contribution is 2.20. The third-order valence-electron chi connectivity index (χ3n) is 3.40. The highest BCUT2D eigenvalue weighted by molar-refractivity contribution is 6.33. The van der Waals surface area contributed by atoms with Gasteiger partial charge < -0.3 is 16.4 Å². The van der Waals surface area contributed by atoms with Crippen molar-refractivity contribution in [1.82, 2.24) is 5.32 Å². The zero-order chi connectivity index (χ0) is 14.5. The second-order valence-corrected chi connectivity index (χ2v) is 5.35. The van der Waals surface area contributed by atoms with Gasteiger partial charge in [-0.05, 0) is 44.0 Å². The summed E-state index contributed by atoms with van der Waals surface area (Å²) in [5.74, 6) is -0.683. The zero-order valence-electron chi connectivity index (χ0n) is 11.1. The first-order chi connectivity index (χ1) is 9.56. The molecule has 0 bridgehead atoms. The maximum atomic E-state index is 11.8. The number of primary amides is 1. The van der Waals surface area contributed by atoms with Crippen LogP contribution in [0.25, 0.3) is 0 Å². The van der Waals surface area contributed by atoms with Crippen LogP contribution < -0.4 is 16.4 Å². The molecule has 1 unspecified atom stereocenters. The Morgan fingerprint density at radius 2 is 2.25 bits per heavy atom. The average Bonchev–Trinajstić information content (AvgIpc) is 2.91. The predicted octanol–water partition coefficient (Wildman–Crippen LogP) is 1.91. The smallest absolute Gasteiger partial charge is 0.250 e. The molecule has 0 radical (unpaired) electrons. The van der Waals surface area contributed by atoms with E-state index in [0.29, 0.717) is 18.2 Å². The summed E-state index contributed by atoms with van der Waals surface area (Å²) < 4.78 is 0. The lowest BCUT2D eigenvalue weighted by Crippen LogP contribution is -2.23. The third-order valence-corrected chi connectivity index (χ3v) is 3.73. The molecule has 1 aliphatic heterocycles. The van der Waals surface area contributed by atoms with Crippen LogP contribution in [0.1, 0.15) is 36.0 Å². The summed E-state index contributed by atoms with van der Waals surface area (Å²) in [7, 11) is 0. The Hall–Kier alpha value is -1.59. The van der Waals surface area contributed by atoms with Gasteiger partial charge in [0.1, 0.15) is 0 Å². The van der Waals surface area contributed by atoms with E-state index in [1.54, 1.807) is 12.1 Å². The van der Waals surface area contributed by atoms with Crippen LogP contribution in [-0.2, 0) is 4.79 Å². The predicted molar refractivity (Wildman–Crippen MR) is 78.9 cm³/mol. The van der Waals surface area contributed by atoms with Gasteiger partial charge in [0, 0.05) is 18.2 Å². The van der Waals surface area contributed by atoms with E-state index in [1.165, 1.54) is 12.5 Å². The molecule has 4 N–H and O–H groups in total. The van der Waals surface area contributed by atoms with Crippen LogP contribution in [0.2, 0.25) is 5.02 Å². The Balaban J connectivity index is 1.90. The number of benzene rings is 1. The lowest BCUT2D eigenvalue weighted by Gasteiger charge is -2.10. The molecule has 0 saturated carbocycles. The van der Waals surface area contributed by atoms with Crippen molar-refractivity contribution < 1.29 is 9.59 Å². The van der Waals surface area contributed by atoms with Gasteiger partial charge in [0.2, 0.25) is 11.8 Å². The Morgan fingerprint density at radius 1 is 1.45 bits per heavy atom. The number of amides is 2. The maximum absolute atomic E-state index is 11.8. The average molecular weight is 296 g/mol. The summed E-state index contributed by atoms with van der Waals surface area (Å²) in [6.07, 6.45) is 3.57. The lowest BCUT2D eigenvalue weighted by atomic mass is 10.1. The molecular weight excluding hydrogens is 278 g/mol. The maximum Gasteiger partial charge on any atom is 0.250 e. The summed E-state index contributed by atoms with van der Waals surface area (Å²) in [6, 6.07) is 5.14. The van der Waals surface area contributed by atoms with Crippen LogP contribution in [0, 0.1) is 0 Å². The minimum Gasteiger partial charge on any atom is -0.366 e. The molecule has 0 spiro atoms. The van der Waals surface area contributed by atoms with Gasteiger partial charge in [-0.3, -0.25) is 9.59 Å². The molecule has 1 atom stereocenters. The zero-order valence-corrected chi connectivity index (χ0v) is 11.9. The van der Waals surface area contributed by atoms with Crippen molar-refractivity contribution in [3.05, 3.63) is 28.8 Å². The van der Waals surface area contributed by atoms with Gasteiger partial charge in [0.05, 0.1) is 10.6 Å². The Labute approximate surface area is 122 Å². The number of rotatable bonds is 5. The van der Waals surface area contributed by atoms with E-state index in [4.69, 9.17) is 17.3 Å². The van der Waals surface area contributed by atoms with Gasteiger partial charge >= 0.3 is 0 Å². The first-order valence-electron chi connectivity index (χ1n) is 6.69. The molecule has 0 aliphatic carbocycles. The van der Waals surface area contributed by atoms with E-state index in [0.717, 1.165) is 19.4 Å². The summed E-state index contributed by atoms with van der Waals surface area (Å²) in [5.41, 5.74) is 5.96. The molecule has 1 heterocycles. The number of carbonyl (C=O) groups is 2. The fraction of sp³-hybridized carbons (Fsp3) is 0.429. The van der Waals surface area contributed by atoms with Crippen LogP contribution in [-0.4, -0.2) is 24.4 Å². The SMILES string of the molecule is NC(=O)c1cc(NC(=O)CCC2CCCN2)ccc1Cl. The largest absolute Gasteiger partial charge is 0.366 e. The monoisotopic (exact) mass is 295 g/mol. The van der Waals surface area contributed by atoms with Gasteiger partial charge in [-0.2, -0.15) is 0 Å². The Morgan fingerprint density at radius 3 is 2.90 bits per heavy atom. The number of halogens is 1. The molecule has 2 amide bonds. The van der Waals surface area contributed by atoms with Crippen molar-refractivity contribution in [2.45, 2.75) is 31.7 Å². The van der Waals surface area contributed by atoms with Crippen molar-refractivity contribution >= 4 is 29.1 Å². The minimum atomic E-state index is -0.610. The van der Waals surface area contributed by atoms with E-state index in [-0.39, 0.29) is 16.5 Å². The van der Waals surface area contributed by atoms with Crippen molar-refractivity contribution in [3.8, 4) is 0 Å². The minimum absolute atomic E-state index is 0.0727. The van der Waals surface area contributed by atoms with E-state index >= 15 is 0 Å². The molecule has 1 aromatic rings. The van der Waals surface area contributed by atoms with Gasteiger partial charge in [-0.1, -0.05) is 11.6 Å². The van der Waals surface area contributed by atoms with E-state index in [1.807, 2.05) is 0 Å². The van der Waals surface area contributed by atoms with Crippen molar-refractivity contribution in [2.75, 3.05) is 11.9 Å². The summed E-state index contributed by atoms with van der Waals surface area (Å²) in [4.78, 5) is 23.0. The van der Waals surface area contributed by atoms with Crippen LogP contribution in [0.15, 0.2) is 18.2 Å². The standard InChI is InChI=1S/C14H18ClN3O2/c15-12-5-3-10(8-11(12)14(16)20)18-13(19)6-4-9-2-1-7-17-9/h3,5,8-9,17H,1-2,4,6-7H2,(H2,16,20)(H,18,19). The molecule has 6 heteroatoms. The molecule has 1 aliphatic rings. The lowest BCUT2D eigenvalue weighted by molar-refractivity contribution is -0.116. The Kier molecular flexibility index (Phi) is 4.98. The molecule has 20 heavy (non-hydrogen) atoms. The van der Waals surface area contributed by atoms with Gasteiger partial charge in [0.25, 0.3) is 0 Å². The fourth-order valence-corrected chi connectivity index (χ4v) is 2.53. The highest BCUT2D eigenvalue weighted by Gasteiger charge is 2.15. The first kappa shape index (κ1) is 14.8. The molecule has 5 nitrogen and oxygen atoms in total. The number of hydrogen-bond donors (Lipinski definition) is 3. The van der Waals surface area contributed by atoms with Crippen LogP contribution in [0.3, 0.4) is 0 Å². The normalized spacial score (nSPS) is 17.9. The topological polar surface area (TPSA) is 84.2 Å². The molecule has 1 saturated heterocycles. The summed E-state index contributed by atoms with van der Waals surface area (Å²) in [5, 5.41) is 6.39. The molecule has 2 rings (SSSR count). The number of nitrogens with one attached hydrogen (secondary N) is 2. The van der Waals surface area contributed by atoms with Crippen molar-refractivity contribution in [3.63, 3.8) is 0 Å². The molecule has 108 valence electrons. The number of anilines is 1. The van der Waals surface area contributed by atoms with E-state index < -0.39 is 5.91 Å². The van der Waals surface area contributed by atoms with Gasteiger partial charge in [-0.15, -0.1) is 0 Å². The van der Waals surface area contributed by atoms with E-state index in [2.05, 4.69) is 10.6 Å². The van der Waals surface area contributed by atoms with Crippen LogP contribution >= 0.6 is 11.6 Å². The summed E-state index contributed by atoms with van der Waals surface area (Å²) in [6.45, 7) is 1.03. The molecule has 1 aromatic carbocycles. The number of hydrogen-bond acceptors (Lipinski definition) is 3. The van der Waals surface area contributed by atoms with Crippen molar-refractivity contribution in [2.24, 2.45) is 5.73 Å². The summed E-state index contributed by atoms with van der Waals surface area (Å²) >= 11 is 5.85. The fourth-order valence-electron chi connectivity index (χ4n) is 2.32.